The van der Waals surface area contributed by atoms with Gasteiger partial charge in [0.25, 0.3) is 0 Å². The summed E-state index contributed by atoms with van der Waals surface area (Å²) in [4.78, 5) is 66.1. The molecule has 0 spiro atoms. The monoisotopic (exact) mass is 734 g/mol. The van der Waals surface area contributed by atoms with E-state index in [4.69, 9.17) is 28.9 Å². The van der Waals surface area contributed by atoms with E-state index in [9.17, 15) is 28.0 Å². The summed E-state index contributed by atoms with van der Waals surface area (Å²) in [7, 11) is 0. The normalized spacial score (nSPS) is 28.0. The maximum absolute atomic E-state index is 15.0. The van der Waals surface area contributed by atoms with Gasteiger partial charge in [-0.05, 0) is 56.4 Å². The van der Waals surface area contributed by atoms with E-state index in [1.54, 1.807) is 31.2 Å². The largest absolute Gasteiger partial charge is 0.487 e. The predicted molar refractivity (Wildman–Crippen MR) is 187 cm³/mol. The standard InChI is InChI=1S/C39H44F2N4O8/c1-2-50-36(48)38-19-25(38)12-6-4-3-5-7-16-30-35(47)45-21-27(18-31(45)32(46)20-38)53-34-33(42-28-14-8-9-15-29(28)43-34)24-11-10-13-26(17-24)51-22-39(40,41)23-52-37(49)44-30/h8-11,13-15,17,25,27,30-31H,2-7,12,16,18-23H2,1H3,(H,44,49)/t25-,27+,30-,31-,38+/m0/s1. The van der Waals surface area contributed by atoms with Gasteiger partial charge in [-0.25, -0.2) is 14.8 Å². The lowest BCUT2D eigenvalue weighted by Gasteiger charge is -2.29. The average Bonchev–Trinajstić information content (AvgIpc) is 3.68. The van der Waals surface area contributed by atoms with Crippen LogP contribution in [-0.4, -0.2) is 89.1 Å². The average molecular weight is 735 g/mol. The smallest absolute Gasteiger partial charge is 0.408 e. The van der Waals surface area contributed by atoms with Crippen LogP contribution in [0.4, 0.5) is 13.6 Å². The number of ether oxygens (including phenoxy) is 4. The highest BCUT2D eigenvalue weighted by atomic mass is 19.3. The topological polar surface area (TPSA) is 146 Å². The molecule has 1 aromatic heterocycles. The number of benzene rings is 2. The molecule has 2 aromatic carbocycles. The molecule has 3 aliphatic heterocycles. The zero-order chi connectivity index (χ0) is 37.2. The fraction of sp³-hybridized carbons (Fsp3) is 0.538. The zero-order valence-corrected chi connectivity index (χ0v) is 29.7. The molecule has 4 heterocycles. The molecule has 0 unspecified atom stereocenters. The summed E-state index contributed by atoms with van der Waals surface area (Å²) < 4.78 is 52.4. The van der Waals surface area contributed by atoms with Crippen LogP contribution in [0.25, 0.3) is 22.3 Å². The van der Waals surface area contributed by atoms with Gasteiger partial charge in [-0.2, -0.15) is 8.78 Å². The molecule has 3 fully saturated rings. The first-order chi connectivity index (χ1) is 25.5. The lowest BCUT2D eigenvalue weighted by molar-refractivity contribution is -0.153. The minimum atomic E-state index is -3.56. The number of nitrogens with zero attached hydrogens (tertiary/aromatic N) is 3. The number of hydrogen-bond acceptors (Lipinski definition) is 10. The quantitative estimate of drug-likeness (QED) is 0.309. The van der Waals surface area contributed by atoms with Gasteiger partial charge in [0.2, 0.25) is 11.8 Å². The van der Waals surface area contributed by atoms with Crippen molar-refractivity contribution in [2.75, 3.05) is 26.4 Å². The number of aromatic nitrogens is 2. The fourth-order valence-corrected chi connectivity index (χ4v) is 7.89. The van der Waals surface area contributed by atoms with Crippen LogP contribution in [0.3, 0.4) is 0 Å². The number of carbonyl (C=O) groups excluding carboxylic acids is 4. The highest BCUT2D eigenvalue weighted by Gasteiger charge is 2.62. The first kappa shape index (κ1) is 36.5. The van der Waals surface area contributed by atoms with Gasteiger partial charge in [-0.1, -0.05) is 56.4 Å². The summed E-state index contributed by atoms with van der Waals surface area (Å²) in [5.74, 6) is -4.57. The molecule has 5 atom stereocenters. The maximum Gasteiger partial charge on any atom is 0.408 e. The minimum Gasteiger partial charge on any atom is -0.487 e. The van der Waals surface area contributed by atoms with E-state index >= 15 is 0 Å². The van der Waals surface area contributed by atoms with Crippen molar-refractivity contribution < 1.29 is 46.9 Å². The summed E-state index contributed by atoms with van der Waals surface area (Å²) >= 11 is 0. The Morgan fingerprint density at radius 2 is 1.70 bits per heavy atom. The second-order valence-corrected chi connectivity index (χ2v) is 14.6. The van der Waals surface area contributed by atoms with E-state index < -0.39 is 60.7 Å². The Morgan fingerprint density at radius 1 is 0.962 bits per heavy atom. The summed E-state index contributed by atoms with van der Waals surface area (Å²) in [6.45, 7) is -0.473. The Morgan fingerprint density at radius 3 is 2.49 bits per heavy atom. The third kappa shape index (κ3) is 8.06. The SMILES string of the molecule is CCOC(=O)[C@]12CC(=O)[C@@H]3C[C@@H]4CN3C(=O)[C@H](CCCCCCC[C@H]1C2)NC(=O)OCC(F)(F)COc1cccc(c1)-c1nc2ccccc2nc1O4. The number of amides is 2. The number of para-hydroxylation sites is 2. The number of rotatable bonds is 2. The molecule has 1 N–H and O–H groups in total. The van der Waals surface area contributed by atoms with Crippen molar-refractivity contribution in [1.82, 2.24) is 20.2 Å². The number of carbonyl (C=O) groups is 4. The third-order valence-electron chi connectivity index (χ3n) is 10.7. The second-order valence-electron chi connectivity index (χ2n) is 14.6. The van der Waals surface area contributed by atoms with E-state index in [1.807, 2.05) is 12.1 Å². The predicted octanol–water partition coefficient (Wildman–Crippen LogP) is 6.04. The van der Waals surface area contributed by atoms with E-state index in [1.165, 1.54) is 17.0 Å². The van der Waals surface area contributed by atoms with Gasteiger partial charge < -0.3 is 29.2 Å². The molecule has 5 bridgehead atoms. The molecule has 3 aromatic rings. The third-order valence-corrected chi connectivity index (χ3v) is 10.7. The van der Waals surface area contributed by atoms with Crippen LogP contribution in [0.1, 0.15) is 71.1 Å². The molecular formula is C39H44F2N4O8. The van der Waals surface area contributed by atoms with Crippen molar-refractivity contribution in [3.05, 3.63) is 48.5 Å². The molecule has 1 aliphatic carbocycles. The van der Waals surface area contributed by atoms with Crippen molar-refractivity contribution in [3.8, 4) is 22.9 Å². The van der Waals surface area contributed by atoms with Crippen molar-refractivity contribution in [2.24, 2.45) is 11.3 Å². The lowest BCUT2D eigenvalue weighted by Crippen LogP contribution is -2.52. The number of hydrogen-bond donors (Lipinski definition) is 1. The highest BCUT2D eigenvalue weighted by molar-refractivity contribution is 5.96. The van der Waals surface area contributed by atoms with Crippen LogP contribution in [0.15, 0.2) is 48.5 Å². The Bertz CT molecular complexity index is 1880. The molecule has 2 amide bonds. The Kier molecular flexibility index (Phi) is 10.5. The van der Waals surface area contributed by atoms with Crippen LogP contribution < -0.4 is 14.8 Å². The molecule has 14 heteroatoms. The number of esters is 1. The van der Waals surface area contributed by atoms with Gasteiger partial charge >= 0.3 is 18.0 Å². The minimum absolute atomic E-state index is 0.00774. The van der Waals surface area contributed by atoms with Crippen LogP contribution in [0, 0.1) is 11.3 Å². The van der Waals surface area contributed by atoms with Crippen molar-refractivity contribution in [3.63, 3.8) is 0 Å². The molecule has 1 saturated carbocycles. The van der Waals surface area contributed by atoms with Crippen molar-refractivity contribution in [2.45, 2.75) is 95.2 Å². The number of cyclic esters (lactones) is 1. The molecule has 12 nitrogen and oxygen atoms in total. The molecule has 4 aliphatic rings. The number of alkyl halides is 2. The summed E-state index contributed by atoms with van der Waals surface area (Å²) in [6, 6.07) is 11.4. The van der Waals surface area contributed by atoms with E-state index in [2.05, 4.69) is 5.32 Å². The van der Waals surface area contributed by atoms with Gasteiger partial charge in [-0.15, -0.1) is 0 Å². The fourth-order valence-electron chi connectivity index (χ4n) is 7.89. The van der Waals surface area contributed by atoms with Crippen LogP contribution >= 0.6 is 0 Å². The molecule has 282 valence electrons. The summed E-state index contributed by atoms with van der Waals surface area (Å²) in [5.41, 5.74) is 0.952. The number of fused-ring (bicyclic) bond motifs is 8. The van der Waals surface area contributed by atoms with Gasteiger partial charge in [0.1, 0.15) is 23.6 Å². The van der Waals surface area contributed by atoms with Gasteiger partial charge in [0.15, 0.2) is 19.0 Å². The Labute approximate surface area is 305 Å². The lowest BCUT2D eigenvalue weighted by atomic mass is 9.90. The summed E-state index contributed by atoms with van der Waals surface area (Å²) in [5, 5.41) is 2.51. The van der Waals surface area contributed by atoms with Gasteiger partial charge in [0.05, 0.1) is 35.6 Å². The molecule has 0 radical (unpaired) electrons. The molecule has 53 heavy (non-hydrogen) atoms. The molecular weight excluding hydrogens is 690 g/mol. The van der Waals surface area contributed by atoms with Gasteiger partial charge in [-0.3, -0.25) is 14.4 Å². The maximum atomic E-state index is 15.0. The number of Topliss-reactive ketones (excluding diaryl/α,β-unsaturated/α-hetero) is 1. The van der Waals surface area contributed by atoms with E-state index in [-0.39, 0.29) is 55.7 Å². The first-order valence-electron chi connectivity index (χ1n) is 18.5. The number of ketones is 1. The van der Waals surface area contributed by atoms with E-state index in [0.29, 0.717) is 35.1 Å². The number of halogens is 2. The first-order valence-corrected chi connectivity index (χ1v) is 18.5. The molecule has 2 saturated heterocycles. The van der Waals surface area contributed by atoms with Crippen LogP contribution in [0.5, 0.6) is 11.6 Å². The molecule has 7 rings (SSSR count). The van der Waals surface area contributed by atoms with E-state index in [0.717, 1.165) is 32.1 Å². The summed E-state index contributed by atoms with van der Waals surface area (Å²) in [6.07, 6.45) is 3.62. The zero-order valence-electron chi connectivity index (χ0n) is 29.7. The number of alkyl carbamates (subject to hydrolysis) is 1. The van der Waals surface area contributed by atoms with Crippen molar-refractivity contribution >= 4 is 34.8 Å². The van der Waals surface area contributed by atoms with Crippen LogP contribution in [-0.2, 0) is 23.9 Å². The highest BCUT2D eigenvalue weighted by Crippen LogP contribution is 2.59. The number of nitrogens with one attached hydrogen (secondary N) is 1. The van der Waals surface area contributed by atoms with Crippen molar-refractivity contribution in [1.29, 1.82) is 0 Å². The second kappa shape index (κ2) is 15.2. The Hall–Kier alpha value is -4.88. The Balaban J connectivity index is 1.28. The van der Waals surface area contributed by atoms with Gasteiger partial charge in [0, 0.05) is 18.4 Å². The van der Waals surface area contributed by atoms with Crippen LogP contribution in [0.2, 0.25) is 0 Å².